The third kappa shape index (κ3) is 6.23. The summed E-state index contributed by atoms with van der Waals surface area (Å²) in [6.07, 6.45) is 0. The van der Waals surface area contributed by atoms with Crippen molar-refractivity contribution in [3.8, 4) is 22.5 Å². The first-order chi connectivity index (χ1) is 31.8. The van der Waals surface area contributed by atoms with Crippen molar-refractivity contribution < 1.29 is 0 Å². The Morgan fingerprint density at radius 3 is 1.08 bits per heavy atom. The molecule has 12 rings (SSSR count). The Hall–Kier alpha value is -8.60. The van der Waals surface area contributed by atoms with Gasteiger partial charge in [-0.2, -0.15) is 0 Å². The molecule has 0 bridgehead atoms. The molecule has 0 amide bonds. The van der Waals surface area contributed by atoms with Gasteiger partial charge in [-0.3, -0.25) is 0 Å². The number of hydrogen-bond donors (Lipinski definition) is 0. The summed E-state index contributed by atoms with van der Waals surface area (Å²) in [6, 6.07) is 91.9. The molecule has 2 heterocycles. The van der Waals surface area contributed by atoms with Gasteiger partial charge in [-0.25, -0.2) is 0 Å². The molecule has 0 aliphatic carbocycles. The second kappa shape index (κ2) is 15.7. The van der Waals surface area contributed by atoms with Gasteiger partial charge in [0.1, 0.15) is 0 Å². The minimum absolute atomic E-state index is 1.05. The molecule has 0 saturated carbocycles. The van der Waals surface area contributed by atoms with Crippen molar-refractivity contribution >= 4 is 77.7 Å². The van der Waals surface area contributed by atoms with Crippen molar-refractivity contribution in [1.29, 1.82) is 0 Å². The second-order valence-electron chi connectivity index (χ2n) is 16.2. The van der Waals surface area contributed by atoms with E-state index in [2.05, 4.69) is 274 Å². The molecule has 302 valence electrons. The van der Waals surface area contributed by atoms with Gasteiger partial charge in [-0.15, -0.1) is 0 Å². The number of benzene rings is 10. The predicted molar refractivity (Wildman–Crippen MR) is 270 cm³/mol. The first-order valence-electron chi connectivity index (χ1n) is 21.9. The van der Waals surface area contributed by atoms with Gasteiger partial charge in [-0.05, 0) is 120 Å². The lowest BCUT2D eigenvalue weighted by Crippen LogP contribution is -2.13. The Morgan fingerprint density at radius 1 is 0.266 bits per heavy atom. The summed E-state index contributed by atoms with van der Waals surface area (Å²) in [5.74, 6) is 0. The molecule has 0 N–H and O–H groups in total. The Labute approximate surface area is 372 Å². The van der Waals surface area contributed by atoms with Gasteiger partial charge in [0.05, 0.1) is 22.1 Å². The van der Waals surface area contributed by atoms with Gasteiger partial charge in [-0.1, -0.05) is 146 Å². The molecule has 0 spiro atoms. The lowest BCUT2D eigenvalue weighted by Gasteiger charge is -2.30. The molecule has 0 aliphatic heterocycles. The van der Waals surface area contributed by atoms with E-state index in [1.807, 2.05) is 0 Å². The highest BCUT2D eigenvalue weighted by atomic mass is 15.2. The Bertz CT molecular complexity index is 3400. The van der Waals surface area contributed by atoms with E-state index in [-0.39, 0.29) is 0 Å². The van der Waals surface area contributed by atoms with Crippen LogP contribution in [-0.4, -0.2) is 9.13 Å². The lowest BCUT2D eigenvalue weighted by atomic mass is 9.95. The van der Waals surface area contributed by atoms with Gasteiger partial charge >= 0.3 is 0 Å². The van der Waals surface area contributed by atoms with Crippen LogP contribution in [0, 0.1) is 0 Å². The zero-order chi connectivity index (χ0) is 42.4. The van der Waals surface area contributed by atoms with Crippen LogP contribution >= 0.6 is 0 Å². The van der Waals surface area contributed by atoms with Crippen molar-refractivity contribution in [2.75, 3.05) is 9.80 Å². The van der Waals surface area contributed by atoms with Crippen molar-refractivity contribution in [3.05, 3.63) is 255 Å². The monoisotopic (exact) mass is 818 g/mol. The smallest absolute Gasteiger partial charge is 0.0795 e. The number of fused-ring (bicyclic) bond motifs is 7. The summed E-state index contributed by atoms with van der Waals surface area (Å²) < 4.78 is 4.95. The molecule has 0 atom stereocenters. The number of para-hydroxylation sites is 8. The van der Waals surface area contributed by atoms with Gasteiger partial charge < -0.3 is 18.9 Å². The number of nitrogens with zero attached hydrogens (tertiary/aromatic N) is 4. The van der Waals surface area contributed by atoms with Crippen molar-refractivity contribution in [3.63, 3.8) is 0 Å². The Balaban J connectivity index is 1.27. The maximum atomic E-state index is 2.49. The van der Waals surface area contributed by atoms with Crippen LogP contribution in [0.25, 0.3) is 66.1 Å². The highest BCUT2D eigenvalue weighted by molar-refractivity contribution is 6.28. The number of rotatable bonds is 9. The zero-order valence-electron chi connectivity index (χ0n) is 35.0. The molecular weight excluding hydrogens is 777 g/mol. The van der Waals surface area contributed by atoms with Crippen LogP contribution in [0.1, 0.15) is 0 Å². The average Bonchev–Trinajstić information content (AvgIpc) is 3.89. The first kappa shape index (κ1) is 37.2. The molecule has 0 fully saturated rings. The largest absolute Gasteiger partial charge is 0.310 e. The van der Waals surface area contributed by atoms with Crippen LogP contribution in [0.2, 0.25) is 0 Å². The predicted octanol–water partition coefficient (Wildman–Crippen LogP) is 16.5. The van der Waals surface area contributed by atoms with Crippen LogP contribution in [0.5, 0.6) is 0 Å². The molecule has 0 aliphatic rings. The molecular formula is C60H42N4. The summed E-state index contributed by atoms with van der Waals surface area (Å²) in [6.45, 7) is 0. The average molecular weight is 819 g/mol. The maximum absolute atomic E-state index is 2.49. The molecule has 2 aromatic heterocycles. The van der Waals surface area contributed by atoms with Crippen molar-refractivity contribution in [2.45, 2.75) is 0 Å². The third-order valence-corrected chi connectivity index (χ3v) is 12.4. The minimum Gasteiger partial charge on any atom is -0.310 e. The number of anilines is 6. The van der Waals surface area contributed by atoms with E-state index >= 15 is 0 Å². The molecule has 0 saturated heterocycles. The topological polar surface area (TPSA) is 16.3 Å². The Kier molecular flexibility index (Phi) is 9.12. The summed E-state index contributed by atoms with van der Waals surface area (Å²) in [7, 11) is 0. The van der Waals surface area contributed by atoms with E-state index in [1.54, 1.807) is 0 Å². The van der Waals surface area contributed by atoms with E-state index in [4.69, 9.17) is 0 Å². The van der Waals surface area contributed by atoms with Crippen molar-refractivity contribution in [2.24, 2.45) is 0 Å². The van der Waals surface area contributed by atoms with Gasteiger partial charge in [0.25, 0.3) is 0 Å². The quantitative estimate of drug-likeness (QED) is 0.144. The lowest BCUT2D eigenvalue weighted by molar-refractivity contribution is 1.15. The standard InChI is InChI=1S/C60H42N4/c1-7-23-44(24-8-1)61(45-25-9-2-10-26-45)50-39-43(40-51(41-50)62(46-27-11-3-12-28-46)47-29-13-4-14-30-47)54-42-55-52-35-19-21-37-56(52)63(48-31-15-5-16-32-48)59(55)60-58(54)53-36-20-22-38-57(53)64(60)49-33-17-6-18-34-49/h1-42H. The molecule has 4 nitrogen and oxygen atoms in total. The molecule has 4 heteroatoms. The summed E-state index contributed by atoms with van der Waals surface area (Å²) in [5.41, 5.74) is 15.6. The number of hydrogen-bond acceptors (Lipinski definition) is 2. The van der Waals surface area contributed by atoms with Crippen LogP contribution in [0.3, 0.4) is 0 Å². The molecule has 64 heavy (non-hydrogen) atoms. The molecule has 0 unspecified atom stereocenters. The van der Waals surface area contributed by atoms with E-state index in [1.165, 1.54) is 32.6 Å². The fraction of sp³-hybridized carbons (Fsp3) is 0. The highest BCUT2D eigenvalue weighted by Crippen LogP contribution is 2.49. The third-order valence-electron chi connectivity index (χ3n) is 12.4. The fourth-order valence-electron chi connectivity index (χ4n) is 9.73. The van der Waals surface area contributed by atoms with E-state index < -0.39 is 0 Å². The van der Waals surface area contributed by atoms with Crippen molar-refractivity contribution in [1.82, 2.24) is 9.13 Å². The zero-order valence-corrected chi connectivity index (χ0v) is 35.0. The van der Waals surface area contributed by atoms with E-state index in [9.17, 15) is 0 Å². The van der Waals surface area contributed by atoms with Gasteiger partial charge in [0.15, 0.2) is 0 Å². The van der Waals surface area contributed by atoms with Gasteiger partial charge in [0.2, 0.25) is 0 Å². The Morgan fingerprint density at radius 2 is 0.625 bits per heavy atom. The van der Waals surface area contributed by atoms with Gasteiger partial charge in [0, 0.05) is 67.0 Å². The summed E-state index contributed by atoms with van der Waals surface area (Å²) in [4.78, 5) is 4.76. The first-order valence-corrected chi connectivity index (χ1v) is 21.9. The van der Waals surface area contributed by atoms with Crippen LogP contribution in [-0.2, 0) is 0 Å². The highest BCUT2D eigenvalue weighted by Gasteiger charge is 2.26. The van der Waals surface area contributed by atoms with Crippen LogP contribution in [0.15, 0.2) is 255 Å². The van der Waals surface area contributed by atoms with Crippen LogP contribution in [0.4, 0.5) is 34.1 Å². The fourth-order valence-corrected chi connectivity index (χ4v) is 9.73. The maximum Gasteiger partial charge on any atom is 0.0795 e. The summed E-state index contributed by atoms with van der Waals surface area (Å²) >= 11 is 0. The second-order valence-corrected chi connectivity index (χ2v) is 16.2. The SMILES string of the molecule is c1ccc(N(c2ccccc2)c2cc(-c3cc4c5ccccc5n(-c5ccccc5)c4c4c3c3ccccc3n4-c3ccccc3)cc(N(c3ccccc3)c3ccccc3)c2)cc1. The molecule has 0 radical (unpaired) electrons. The molecule has 12 aromatic rings. The van der Waals surface area contributed by atoms with Crippen LogP contribution < -0.4 is 9.80 Å². The van der Waals surface area contributed by atoms with E-state index in [0.717, 1.165) is 67.7 Å². The number of aromatic nitrogens is 2. The van der Waals surface area contributed by atoms with E-state index in [0.29, 0.717) is 0 Å². The normalized spacial score (nSPS) is 11.4. The minimum atomic E-state index is 1.05. The summed E-state index contributed by atoms with van der Waals surface area (Å²) in [5, 5.41) is 4.80. The molecule has 10 aromatic carbocycles.